The molecule has 1 saturated carbocycles. The van der Waals surface area contributed by atoms with E-state index >= 15 is 0 Å². The van der Waals surface area contributed by atoms with Crippen LogP contribution in [0.1, 0.15) is 24.8 Å². The second-order valence-corrected chi connectivity index (χ2v) is 5.08. The van der Waals surface area contributed by atoms with Gasteiger partial charge in [0.1, 0.15) is 5.75 Å². The van der Waals surface area contributed by atoms with Crippen LogP contribution in [0.15, 0.2) is 24.3 Å². The van der Waals surface area contributed by atoms with Crippen LogP contribution in [0.5, 0.6) is 5.75 Å². The Bertz CT molecular complexity index is 413. The van der Waals surface area contributed by atoms with E-state index in [4.69, 9.17) is 4.74 Å². The zero-order chi connectivity index (χ0) is 13.7. The Morgan fingerprint density at radius 1 is 1.37 bits per heavy atom. The van der Waals surface area contributed by atoms with E-state index in [0.717, 1.165) is 17.9 Å². The molecule has 4 nitrogen and oxygen atoms in total. The normalized spacial score (nSPS) is 14.2. The zero-order valence-electron chi connectivity index (χ0n) is 11.7. The molecule has 104 valence electrons. The molecule has 1 fully saturated rings. The van der Waals surface area contributed by atoms with Gasteiger partial charge in [-0.05, 0) is 30.5 Å². The van der Waals surface area contributed by atoms with E-state index in [1.807, 2.05) is 31.3 Å². The van der Waals surface area contributed by atoms with Gasteiger partial charge >= 0.3 is 0 Å². The van der Waals surface area contributed by atoms with Gasteiger partial charge in [-0.2, -0.15) is 0 Å². The number of ether oxygens (including phenoxy) is 1. The standard InChI is InChI=1S/C15H22N2O2/c1-17(15(18)9-10-16-13-5-6-13)11-12-3-7-14(19-2)8-4-12/h3-4,7-8,13,16H,5-6,9-11H2,1-2H3. The van der Waals surface area contributed by atoms with Crippen LogP contribution in [0, 0.1) is 0 Å². The first-order chi connectivity index (χ1) is 9.19. The summed E-state index contributed by atoms with van der Waals surface area (Å²) in [6.45, 7) is 1.43. The van der Waals surface area contributed by atoms with Crippen LogP contribution in [0.4, 0.5) is 0 Å². The molecule has 19 heavy (non-hydrogen) atoms. The minimum Gasteiger partial charge on any atom is -0.497 e. The van der Waals surface area contributed by atoms with Crippen LogP contribution in [0.25, 0.3) is 0 Å². The number of hydrogen-bond acceptors (Lipinski definition) is 3. The van der Waals surface area contributed by atoms with Crippen molar-refractivity contribution < 1.29 is 9.53 Å². The number of carbonyl (C=O) groups is 1. The highest BCUT2D eigenvalue weighted by molar-refractivity contribution is 5.76. The summed E-state index contributed by atoms with van der Waals surface area (Å²) in [5.41, 5.74) is 1.12. The Kier molecular flexibility index (Phi) is 4.80. The number of hydrogen-bond donors (Lipinski definition) is 1. The van der Waals surface area contributed by atoms with Gasteiger partial charge in [-0.25, -0.2) is 0 Å². The molecule has 2 rings (SSSR count). The zero-order valence-corrected chi connectivity index (χ0v) is 11.7. The molecular formula is C15H22N2O2. The number of rotatable bonds is 7. The number of carbonyl (C=O) groups excluding carboxylic acids is 1. The maximum absolute atomic E-state index is 11.9. The van der Waals surface area contributed by atoms with E-state index in [9.17, 15) is 4.79 Å². The summed E-state index contributed by atoms with van der Waals surface area (Å²) in [4.78, 5) is 13.7. The summed E-state index contributed by atoms with van der Waals surface area (Å²) in [7, 11) is 3.50. The molecule has 1 aliphatic rings. The highest BCUT2D eigenvalue weighted by Crippen LogP contribution is 2.18. The molecule has 0 atom stereocenters. The number of nitrogens with one attached hydrogen (secondary N) is 1. The van der Waals surface area contributed by atoms with Crippen molar-refractivity contribution in [2.75, 3.05) is 20.7 Å². The quantitative estimate of drug-likeness (QED) is 0.814. The van der Waals surface area contributed by atoms with Crippen LogP contribution in [-0.4, -0.2) is 37.6 Å². The molecule has 1 aromatic carbocycles. The fourth-order valence-electron chi connectivity index (χ4n) is 1.95. The highest BCUT2D eigenvalue weighted by atomic mass is 16.5. The summed E-state index contributed by atoms with van der Waals surface area (Å²) < 4.78 is 5.11. The number of methoxy groups -OCH3 is 1. The van der Waals surface area contributed by atoms with Crippen molar-refractivity contribution in [1.82, 2.24) is 10.2 Å². The Labute approximate surface area is 114 Å². The smallest absolute Gasteiger partial charge is 0.223 e. The lowest BCUT2D eigenvalue weighted by atomic mass is 10.2. The first-order valence-corrected chi connectivity index (χ1v) is 6.79. The van der Waals surface area contributed by atoms with Gasteiger partial charge in [0.05, 0.1) is 7.11 Å². The predicted molar refractivity (Wildman–Crippen MR) is 75.1 cm³/mol. The van der Waals surface area contributed by atoms with E-state index in [-0.39, 0.29) is 5.91 Å². The molecular weight excluding hydrogens is 240 g/mol. The third kappa shape index (κ3) is 4.56. The van der Waals surface area contributed by atoms with Crippen molar-refractivity contribution in [1.29, 1.82) is 0 Å². The van der Waals surface area contributed by atoms with Gasteiger partial charge in [0.15, 0.2) is 0 Å². The minimum absolute atomic E-state index is 0.184. The van der Waals surface area contributed by atoms with Crippen LogP contribution < -0.4 is 10.1 Å². The molecule has 0 spiro atoms. The summed E-state index contributed by atoms with van der Waals surface area (Å²) in [5.74, 6) is 1.02. The fraction of sp³-hybridized carbons (Fsp3) is 0.533. The second kappa shape index (κ2) is 6.57. The van der Waals surface area contributed by atoms with Gasteiger partial charge < -0.3 is 15.0 Å². The third-order valence-corrected chi connectivity index (χ3v) is 3.35. The first kappa shape index (κ1) is 13.9. The molecule has 0 saturated heterocycles. The molecule has 0 aromatic heterocycles. The van der Waals surface area contributed by atoms with E-state index in [0.29, 0.717) is 19.0 Å². The summed E-state index contributed by atoms with van der Waals surface area (Å²) in [5, 5.41) is 3.36. The minimum atomic E-state index is 0.184. The molecule has 0 bridgehead atoms. The molecule has 1 aliphatic carbocycles. The van der Waals surface area contributed by atoms with Crippen LogP contribution in [0.2, 0.25) is 0 Å². The third-order valence-electron chi connectivity index (χ3n) is 3.35. The van der Waals surface area contributed by atoms with E-state index in [1.54, 1.807) is 12.0 Å². The molecule has 1 amide bonds. The van der Waals surface area contributed by atoms with Crippen molar-refractivity contribution in [2.24, 2.45) is 0 Å². The van der Waals surface area contributed by atoms with Crippen molar-refractivity contribution in [3.05, 3.63) is 29.8 Å². The molecule has 1 N–H and O–H groups in total. The average Bonchev–Trinajstić information content (AvgIpc) is 3.23. The van der Waals surface area contributed by atoms with Crippen molar-refractivity contribution in [3.63, 3.8) is 0 Å². The van der Waals surface area contributed by atoms with Gasteiger partial charge in [-0.3, -0.25) is 4.79 Å². The van der Waals surface area contributed by atoms with E-state index in [1.165, 1.54) is 12.8 Å². The molecule has 0 heterocycles. The maximum atomic E-state index is 11.9. The van der Waals surface area contributed by atoms with Gasteiger partial charge in [0.25, 0.3) is 0 Å². The molecule has 0 unspecified atom stereocenters. The number of benzene rings is 1. The Morgan fingerprint density at radius 2 is 2.05 bits per heavy atom. The monoisotopic (exact) mass is 262 g/mol. The fourth-order valence-corrected chi connectivity index (χ4v) is 1.95. The second-order valence-electron chi connectivity index (χ2n) is 5.08. The highest BCUT2D eigenvalue weighted by Gasteiger charge is 2.20. The SMILES string of the molecule is COc1ccc(CN(C)C(=O)CCNC2CC2)cc1. The van der Waals surface area contributed by atoms with Crippen LogP contribution in [-0.2, 0) is 11.3 Å². The summed E-state index contributed by atoms with van der Waals surface area (Å²) >= 11 is 0. The van der Waals surface area contributed by atoms with Gasteiger partial charge in [-0.15, -0.1) is 0 Å². The molecule has 0 aliphatic heterocycles. The molecule has 0 radical (unpaired) electrons. The van der Waals surface area contributed by atoms with Crippen LogP contribution >= 0.6 is 0 Å². The predicted octanol–water partition coefficient (Wildman–Crippen LogP) is 1.80. The van der Waals surface area contributed by atoms with Gasteiger partial charge in [0.2, 0.25) is 5.91 Å². The van der Waals surface area contributed by atoms with Crippen molar-refractivity contribution in [2.45, 2.75) is 31.8 Å². The summed E-state index contributed by atoms with van der Waals surface area (Å²) in [6, 6.07) is 8.49. The lowest BCUT2D eigenvalue weighted by molar-refractivity contribution is -0.130. The topological polar surface area (TPSA) is 41.6 Å². The van der Waals surface area contributed by atoms with Gasteiger partial charge in [-0.1, -0.05) is 12.1 Å². The van der Waals surface area contributed by atoms with Crippen molar-refractivity contribution >= 4 is 5.91 Å². The lowest BCUT2D eigenvalue weighted by Crippen LogP contribution is -2.30. The summed E-state index contributed by atoms with van der Waals surface area (Å²) in [6.07, 6.45) is 3.09. The Balaban J connectivity index is 1.74. The number of nitrogens with zero attached hydrogens (tertiary/aromatic N) is 1. The Hall–Kier alpha value is -1.55. The first-order valence-electron chi connectivity index (χ1n) is 6.79. The van der Waals surface area contributed by atoms with Gasteiger partial charge in [0, 0.05) is 32.6 Å². The average molecular weight is 262 g/mol. The van der Waals surface area contributed by atoms with Crippen LogP contribution in [0.3, 0.4) is 0 Å². The van der Waals surface area contributed by atoms with E-state index in [2.05, 4.69) is 5.32 Å². The lowest BCUT2D eigenvalue weighted by Gasteiger charge is -2.17. The van der Waals surface area contributed by atoms with Crippen molar-refractivity contribution in [3.8, 4) is 5.75 Å². The molecule has 1 aromatic rings. The number of amides is 1. The van der Waals surface area contributed by atoms with E-state index < -0.39 is 0 Å². The molecule has 4 heteroatoms. The largest absolute Gasteiger partial charge is 0.497 e. The Morgan fingerprint density at radius 3 is 2.63 bits per heavy atom. The maximum Gasteiger partial charge on any atom is 0.223 e.